The molecule has 10 heteroatoms. The van der Waals surface area contributed by atoms with E-state index in [9.17, 15) is 13.2 Å². The van der Waals surface area contributed by atoms with Gasteiger partial charge in [0.05, 0.1) is 24.7 Å². The lowest BCUT2D eigenvalue weighted by molar-refractivity contribution is -0.138. The summed E-state index contributed by atoms with van der Waals surface area (Å²) in [6.45, 7) is 5.18. The van der Waals surface area contributed by atoms with E-state index in [0.29, 0.717) is 47.8 Å². The van der Waals surface area contributed by atoms with Crippen LogP contribution in [0, 0.1) is 19.8 Å². The van der Waals surface area contributed by atoms with Crippen LogP contribution in [0.25, 0.3) is 0 Å². The van der Waals surface area contributed by atoms with E-state index < -0.39 is 16.1 Å². The van der Waals surface area contributed by atoms with Crippen molar-refractivity contribution in [2.75, 3.05) is 40.0 Å². The van der Waals surface area contributed by atoms with E-state index in [-0.39, 0.29) is 31.1 Å². The number of carbonyl (C=O) groups is 1. The van der Waals surface area contributed by atoms with E-state index in [1.807, 2.05) is 24.3 Å². The second-order valence-corrected chi connectivity index (χ2v) is 12.4. The van der Waals surface area contributed by atoms with Crippen molar-refractivity contribution in [2.45, 2.75) is 50.2 Å². The van der Waals surface area contributed by atoms with Gasteiger partial charge < -0.3 is 19.1 Å². The van der Waals surface area contributed by atoms with Crippen molar-refractivity contribution in [2.24, 2.45) is 5.92 Å². The summed E-state index contributed by atoms with van der Waals surface area (Å²) in [5, 5.41) is 0. The number of carbonyl (C=O) groups excluding carboxylic acids is 1. The number of sulfonamides is 1. The van der Waals surface area contributed by atoms with Crippen LogP contribution in [-0.4, -0.2) is 80.6 Å². The number of ether oxygens (including phenoxy) is 3. The number of nitrogens with zero attached hydrogens (tertiary/aromatic N) is 3. The smallest absolute Gasteiger partial charge is 0.248 e. The van der Waals surface area contributed by atoms with Gasteiger partial charge in [0, 0.05) is 50.8 Å². The van der Waals surface area contributed by atoms with Crippen LogP contribution < -0.4 is 9.47 Å². The van der Waals surface area contributed by atoms with Crippen molar-refractivity contribution in [1.29, 1.82) is 0 Å². The fourth-order valence-corrected chi connectivity index (χ4v) is 7.98. The molecule has 2 saturated heterocycles. The summed E-state index contributed by atoms with van der Waals surface area (Å²) in [6.07, 6.45) is 11.7. The molecule has 0 N–H and O–H groups in total. The molecule has 0 spiro atoms. The Kier molecular flexibility index (Phi) is 8.58. The van der Waals surface area contributed by atoms with Gasteiger partial charge in [-0.3, -0.25) is 9.78 Å². The third kappa shape index (κ3) is 5.94. The van der Waals surface area contributed by atoms with Crippen molar-refractivity contribution in [3.8, 4) is 11.5 Å². The molecule has 0 saturated carbocycles. The summed E-state index contributed by atoms with van der Waals surface area (Å²) >= 11 is 0. The van der Waals surface area contributed by atoms with Crippen molar-refractivity contribution >= 4 is 15.9 Å². The van der Waals surface area contributed by atoms with Gasteiger partial charge in [0.25, 0.3) is 0 Å². The van der Waals surface area contributed by atoms with Gasteiger partial charge in [-0.2, -0.15) is 4.31 Å². The zero-order chi connectivity index (χ0) is 28.3. The molecule has 40 heavy (non-hydrogen) atoms. The highest BCUT2D eigenvalue weighted by molar-refractivity contribution is 7.89. The Balaban J connectivity index is 1.22. The predicted molar refractivity (Wildman–Crippen MR) is 151 cm³/mol. The van der Waals surface area contributed by atoms with E-state index in [1.54, 1.807) is 54.7 Å². The lowest BCUT2D eigenvalue weighted by atomic mass is 9.89. The number of rotatable bonds is 9. The molecule has 3 heterocycles. The quantitative estimate of drug-likeness (QED) is 0.456. The van der Waals surface area contributed by atoms with Crippen LogP contribution >= 0.6 is 0 Å². The molecule has 3 aliphatic rings. The van der Waals surface area contributed by atoms with Gasteiger partial charge in [0.1, 0.15) is 24.2 Å². The Morgan fingerprint density at radius 2 is 1.73 bits per heavy atom. The topological polar surface area (TPSA) is 98.3 Å². The van der Waals surface area contributed by atoms with Gasteiger partial charge in [-0.1, -0.05) is 18.2 Å². The molecule has 9 nitrogen and oxygen atoms in total. The first kappa shape index (κ1) is 28.3. The normalized spacial score (nSPS) is 21.7. The van der Waals surface area contributed by atoms with Gasteiger partial charge in [0.2, 0.25) is 15.9 Å². The number of benzene rings is 1. The molecule has 2 aromatic rings. The summed E-state index contributed by atoms with van der Waals surface area (Å²) in [6, 6.07) is 6.68. The first-order valence-electron chi connectivity index (χ1n) is 13.8. The number of hydrogen-bond acceptors (Lipinski definition) is 7. The van der Waals surface area contributed by atoms with Crippen LogP contribution in [-0.2, 0) is 19.6 Å². The second kappa shape index (κ2) is 12.1. The van der Waals surface area contributed by atoms with Crippen LogP contribution in [0.5, 0.6) is 11.5 Å². The maximum Gasteiger partial charge on any atom is 0.248 e. The summed E-state index contributed by atoms with van der Waals surface area (Å²) in [5.74, 6) is 1.50. The summed E-state index contributed by atoms with van der Waals surface area (Å²) in [7, 11) is -2.25. The van der Waals surface area contributed by atoms with Crippen molar-refractivity contribution in [3.63, 3.8) is 0 Å². The van der Waals surface area contributed by atoms with E-state index >= 15 is 0 Å². The first-order chi connectivity index (χ1) is 19.3. The van der Waals surface area contributed by atoms with Crippen LogP contribution in [0.15, 0.2) is 65.4 Å². The van der Waals surface area contributed by atoms with E-state index in [2.05, 4.69) is 11.1 Å². The predicted octanol–water partition coefficient (Wildman–Crippen LogP) is 3.67. The number of fused-ring (bicyclic) bond motifs is 1. The zero-order valence-electron chi connectivity index (χ0n) is 23.3. The van der Waals surface area contributed by atoms with Crippen molar-refractivity contribution < 1.29 is 27.4 Å². The largest absolute Gasteiger partial charge is 0.497 e. The van der Waals surface area contributed by atoms with Crippen LogP contribution in [0.4, 0.5) is 0 Å². The van der Waals surface area contributed by atoms with Crippen LogP contribution in [0.2, 0.25) is 0 Å². The standard InChI is InChI=1S/C30H37N3O6S/c1-21-17-26(37-3)18-22(2)30(21)40(35,36)33-16-9-23-5-4-6-27(23)28(33)19-38-20-29(34)32-14-10-25(11-15-32)39-24-7-12-31-13-8-24/h4-8,12-13,17-18,23,25,28H,9-11,14-16,19-20H2,1-3H3. The number of aryl methyl sites for hydroxylation is 2. The molecule has 1 aliphatic carbocycles. The van der Waals surface area contributed by atoms with E-state index in [1.165, 1.54) is 0 Å². The minimum atomic E-state index is -3.82. The highest BCUT2D eigenvalue weighted by atomic mass is 32.2. The SMILES string of the molecule is COc1cc(C)c(S(=O)(=O)N2CCC3C=CC=C3C2COCC(=O)N2CCC(Oc3ccncc3)CC2)c(C)c1. The molecule has 2 aliphatic heterocycles. The third-order valence-electron chi connectivity index (χ3n) is 7.94. The lowest BCUT2D eigenvalue weighted by Gasteiger charge is -2.39. The minimum Gasteiger partial charge on any atom is -0.497 e. The summed E-state index contributed by atoms with van der Waals surface area (Å²) in [5.41, 5.74) is 2.30. The lowest BCUT2D eigenvalue weighted by Crippen LogP contribution is -2.50. The molecule has 214 valence electrons. The number of hydrogen-bond donors (Lipinski definition) is 0. The first-order valence-corrected chi connectivity index (χ1v) is 15.2. The second-order valence-electron chi connectivity index (χ2n) is 10.6. The molecule has 2 atom stereocenters. The molecule has 1 aromatic carbocycles. The number of amides is 1. The Bertz CT molecular complexity index is 1360. The van der Waals surface area contributed by atoms with E-state index in [4.69, 9.17) is 14.2 Å². The average Bonchev–Trinajstić information content (AvgIpc) is 3.43. The molecule has 5 rings (SSSR count). The van der Waals surface area contributed by atoms with Crippen LogP contribution in [0.3, 0.4) is 0 Å². The van der Waals surface area contributed by atoms with Gasteiger partial charge in [-0.05, 0) is 61.2 Å². The molecule has 1 amide bonds. The maximum absolute atomic E-state index is 14.0. The molecule has 0 radical (unpaired) electrons. The summed E-state index contributed by atoms with van der Waals surface area (Å²) < 4.78 is 46.9. The highest BCUT2D eigenvalue weighted by Crippen LogP contribution is 2.38. The van der Waals surface area contributed by atoms with E-state index in [0.717, 1.165) is 24.2 Å². The maximum atomic E-state index is 14.0. The Hall–Kier alpha value is -3.21. The van der Waals surface area contributed by atoms with Crippen LogP contribution in [0.1, 0.15) is 30.4 Å². The van der Waals surface area contributed by atoms with Crippen molar-refractivity contribution in [3.05, 3.63) is 71.6 Å². The molecular weight excluding hydrogens is 530 g/mol. The van der Waals surface area contributed by atoms with Crippen molar-refractivity contribution in [1.82, 2.24) is 14.2 Å². The Morgan fingerprint density at radius 3 is 2.40 bits per heavy atom. The number of pyridine rings is 1. The number of aromatic nitrogens is 1. The number of likely N-dealkylation sites (tertiary alicyclic amines) is 1. The Labute approximate surface area is 236 Å². The number of methoxy groups -OCH3 is 1. The van der Waals surface area contributed by atoms with Gasteiger partial charge in [-0.25, -0.2) is 8.42 Å². The van der Waals surface area contributed by atoms with Gasteiger partial charge >= 0.3 is 0 Å². The highest BCUT2D eigenvalue weighted by Gasteiger charge is 2.41. The molecule has 2 unspecified atom stereocenters. The minimum absolute atomic E-state index is 0.0528. The fourth-order valence-electron chi connectivity index (χ4n) is 5.95. The van der Waals surface area contributed by atoms with Gasteiger partial charge in [-0.15, -0.1) is 0 Å². The number of piperidine rings is 2. The molecule has 1 aromatic heterocycles. The zero-order valence-corrected chi connectivity index (χ0v) is 24.1. The Morgan fingerprint density at radius 1 is 1.02 bits per heavy atom. The average molecular weight is 568 g/mol. The number of allylic oxidation sites excluding steroid dienone is 3. The molecule has 0 bridgehead atoms. The monoisotopic (exact) mass is 567 g/mol. The third-order valence-corrected chi connectivity index (χ3v) is 10.2. The summed E-state index contributed by atoms with van der Waals surface area (Å²) in [4.78, 5) is 19.1. The molecule has 2 fully saturated rings. The molecular formula is C30H37N3O6S. The fraction of sp³-hybridized carbons (Fsp3) is 0.467. The van der Waals surface area contributed by atoms with Gasteiger partial charge in [0.15, 0.2) is 0 Å².